The Balaban J connectivity index is 1.93. The van der Waals surface area contributed by atoms with Crippen LogP contribution in [-0.2, 0) is 4.79 Å². The van der Waals surface area contributed by atoms with Crippen LogP contribution >= 0.6 is 0 Å². The number of rotatable bonds is 4. The van der Waals surface area contributed by atoms with Crippen molar-refractivity contribution in [2.45, 2.75) is 25.3 Å². The molecule has 1 aromatic heterocycles. The molecule has 1 aliphatic rings. The van der Waals surface area contributed by atoms with Gasteiger partial charge in [0.2, 0.25) is 0 Å². The van der Waals surface area contributed by atoms with Crippen LogP contribution in [0, 0.1) is 5.92 Å². The summed E-state index contributed by atoms with van der Waals surface area (Å²) in [5.41, 5.74) is 0.174. The van der Waals surface area contributed by atoms with Gasteiger partial charge in [0.1, 0.15) is 5.54 Å². The van der Waals surface area contributed by atoms with Crippen LogP contribution in [0.3, 0.4) is 0 Å². The number of aliphatic carboxylic acids is 1. The van der Waals surface area contributed by atoms with E-state index < -0.39 is 11.5 Å². The summed E-state index contributed by atoms with van der Waals surface area (Å²) in [4.78, 5) is 26.9. The van der Waals surface area contributed by atoms with Crippen LogP contribution in [0.2, 0.25) is 0 Å². The summed E-state index contributed by atoms with van der Waals surface area (Å²) in [5, 5.41) is 12.9. The highest BCUT2D eigenvalue weighted by molar-refractivity contribution is 6.07. The monoisotopic (exact) mass is 272 g/mol. The Kier molecular flexibility index (Phi) is 2.78. The number of benzene rings is 1. The predicted octanol–water partition coefficient (Wildman–Crippen LogP) is 2.15. The van der Waals surface area contributed by atoms with E-state index in [4.69, 9.17) is 0 Å². The second kappa shape index (κ2) is 4.37. The van der Waals surface area contributed by atoms with Crippen LogP contribution in [0.1, 0.15) is 30.1 Å². The Morgan fingerprint density at radius 2 is 2.10 bits per heavy atom. The molecule has 0 spiro atoms. The van der Waals surface area contributed by atoms with E-state index in [1.54, 1.807) is 25.3 Å². The minimum absolute atomic E-state index is 0.0226. The number of hydrogen-bond donors (Lipinski definition) is 3. The Morgan fingerprint density at radius 3 is 2.75 bits per heavy atom. The van der Waals surface area contributed by atoms with Crippen molar-refractivity contribution in [1.82, 2.24) is 10.3 Å². The fourth-order valence-electron chi connectivity index (χ4n) is 2.58. The Bertz CT molecular complexity index is 687. The van der Waals surface area contributed by atoms with Crippen molar-refractivity contribution in [3.05, 3.63) is 36.0 Å². The van der Waals surface area contributed by atoms with E-state index in [9.17, 15) is 14.7 Å². The fourth-order valence-corrected chi connectivity index (χ4v) is 2.58. The third-order valence-electron chi connectivity index (χ3n) is 4.05. The highest BCUT2D eigenvalue weighted by atomic mass is 16.4. The number of carbonyl (C=O) groups is 2. The number of fused-ring (bicyclic) bond motifs is 1. The lowest BCUT2D eigenvalue weighted by Crippen LogP contribution is -2.54. The van der Waals surface area contributed by atoms with Crippen molar-refractivity contribution in [1.29, 1.82) is 0 Å². The summed E-state index contributed by atoms with van der Waals surface area (Å²) in [7, 11) is 0. The molecule has 0 bridgehead atoms. The van der Waals surface area contributed by atoms with Gasteiger partial charge in [0, 0.05) is 22.7 Å². The van der Waals surface area contributed by atoms with E-state index in [0.717, 1.165) is 23.7 Å². The summed E-state index contributed by atoms with van der Waals surface area (Å²) in [6.07, 6.45) is 3.45. The van der Waals surface area contributed by atoms with Crippen LogP contribution in [0.25, 0.3) is 10.9 Å². The van der Waals surface area contributed by atoms with Gasteiger partial charge in [-0.1, -0.05) is 6.07 Å². The van der Waals surface area contributed by atoms with Gasteiger partial charge < -0.3 is 15.4 Å². The van der Waals surface area contributed by atoms with Crippen molar-refractivity contribution in [3.8, 4) is 0 Å². The lowest BCUT2D eigenvalue weighted by molar-refractivity contribution is -0.144. The zero-order valence-corrected chi connectivity index (χ0v) is 11.1. The lowest BCUT2D eigenvalue weighted by atomic mass is 9.95. The van der Waals surface area contributed by atoms with E-state index in [0.29, 0.717) is 5.56 Å². The standard InChI is InChI=1S/C15H16N2O3/c1-15(14(19)20,9-5-6-9)17-13(18)11-3-2-4-12-10(11)7-8-16-12/h2-4,7-9,16H,5-6H2,1H3,(H,17,18)(H,19,20). The molecule has 0 saturated heterocycles. The van der Waals surface area contributed by atoms with E-state index in [-0.39, 0.29) is 11.8 Å². The zero-order valence-electron chi connectivity index (χ0n) is 11.1. The second-order valence-electron chi connectivity index (χ2n) is 5.48. The summed E-state index contributed by atoms with van der Waals surface area (Å²) >= 11 is 0. The van der Waals surface area contributed by atoms with E-state index in [1.807, 2.05) is 12.1 Å². The molecule has 1 amide bonds. The summed E-state index contributed by atoms with van der Waals surface area (Å²) in [6.45, 7) is 1.59. The highest BCUT2D eigenvalue weighted by Gasteiger charge is 2.48. The van der Waals surface area contributed by atoms with Gasteiger partial charge in [0.15, 0.2) is 0 Å². The quantitative estimate of drug-likeness (QED) is 0.797. The first-order valence-electron chi connectivity index (χ1n) is 6.64. The van der Waals surface area contributed by atoms with E-state index in [1.165, 1.54) is 0 Å². The zero-order chi connectivity index (χ0) is 14.3. The molecule has 1 atom stereocenters. The molecule has 3 N–H and O–H groups in total. The third-order valence-corrected chi connectivity index (χ3v) is 4.05. The lowest BCUT2D eigenvalue weighted by Gasteiger charge is -2.26. The van der Waals surface area contributed by atoms with Gasteiger partial charge in [0.25, 0.3) is 5.91 Å². The van der Waals surface area contributed by atoms with E-state index >= 15 is 0 Å². The average Bonchev–Trinajstić information content (AvgIpc) is 3.16. The van der Waals surface area contributed by atoms with Crippen LogP contribution < -0.4 is 5.32 Å². The Morgan fingerprint density at radius 1 is 1.35 bits per heavy atom. The molecule has 1 heterocycles. The van der Waals surface area contributed by atoms with Gasteiger partial charge in [-0.3, -0.25) is 4.79 Å². The van der Waals surface area contributed by atoms with E-state index in [2.05, 4.69) is 10.3 Å². The normalized spacial score (nSPS) is 17.6. The topological polar surface area (TPSA) is 82.2 Å². The number of nitrogens with one attached hydrogen (secondary N) is 2. The van der Waals surface area contributed by atoms with Crippen molar-refractivity contribution in [2.24, 2.45) is 5.92 Å². The first-order chi connectivity index (χ1) is 9.52. The van der Waals surface area contributed by atoms with Crippen molar-refractivity contribution < 1.29 is 14.7 Å². The number of aromatic amines is 1. The van der Waals surface area contributed by atoms with Gasteiger partial charge in [0.05, 0.1) is 0 Å². The van der Waals surface area contributed by atoms with Crippen molar-refractivity contribution >= 4 is 22.8 Å². The molecule has 0 aliphatic heterocycles. The Labute approximate surface area is 116 Å². The molecule has 3 rings (SSSR count). The molecule has 5 heteroatoms. The number of carbonyl (C=O) groups excluding carboxylic acids is 1. The predicted molar refractivity (Wildman–Crippen MR) is 74.5 cm³/mol. The van der Waals surface area contributed by atoms with Gasteiger partial charge in [-0.15, -0.1) is 0 Å². The minimum atomic E-state index is -1.18. The molecule has 1 unspecified atom stereocenters. The van der Waals surface area contributed by atoms with Gasteiger partial charge in [-0.05, 0) is 43.9 Å². The molecule has 104 valence electrons. The molecule has 1 fully saturated rings. The van der Waals surface area contributed by atoms with Crippen molar-refractivity contribution in [3.63, 3.8) is 0 Å². The van der Waals surface area contributed by atoms with Gasteiger partial charge in [-0.2, -0.15) is 0 Å². The number of carboxylic acid groups (broad SMARTS) is 1. The van der Waals surface area contributed by atoms with Crippen LogP contribution in [0.4, 0.5) is 0 Å². The SMILES string of the molecule is CC(NC(=O)c1cccc2[nH]ccc12)(C(=O)O)C1CC1. The molecular weight excluding hydrogens is 256 g/mol. The third kappa shape index (κ3) is 1.95. The molecule has 20 heavy (non-hydrogen) atoms. The molecule has 1 aliphatic carbocycles. The first kappa shape index (κ1) is 12.7. The second-order valence-corrected chi connectivity index (χ2v) is 5.48. The largest absolute Gasteiger partial charge is 0.480 e. The summed E-state index contributed by atoms with van der Waals surface area (Å²) in [5.74, 6) is -1.30. The number of hydrogen-bond acceptors (Lipinski definition) is 2. The maximum atomic E-state index is 12.4. The van der Waals surface area contributed by atoms with Gasteiger partial charge in [-0.25, -0.2) is 4.79 Å². The van der Waals surface area contributed by atoms with Crippen LogP contribution in [0.15, 0.2) is 30.5 Å². The molecule has 0 radical (unpaired) electrons. The molecular formula is C15H16N2O3. The molecule has 1 saturated carbocycles. The van der Waals surface area contributed by atoms with Gasteiger partial charge >= 0.3 is 5.97 Å². The Hall–Kier alpha value is -2.30. The minimum Gasteiger partial charge on any atom is -0.480 e. The fraction of sp³-hybridized carbons (Fsp3) is 0.333. The average molecular weight is 272 g/mol. The molecule has 2 aromatic rings. The molecule has 1 aromatic carbocycles. The number of H-pyrrole nitrogens is 1. The number of aromatic nitrogens is 1. The van der Waals surface area contributed by atoms with Crippen molar-refractivity contribution in [2.75, 3.05) is 0 Å². The van der Waals surface area contributed by atoms with Crippen LogP contribution in [0.5, 0.6) is 0 Å². The number of amides is 1. The summed E-state index contributed by atoms with van der Waals surface area (Å²) in [6, 6.07) is 7.19. The first-order valence-corrected chi connectivity index (χ1v) is 6.64. The maximum Gasteiger partial charge on any atom is 0.329 e. The molecule has 5 nitrogen and oxygen atoms in total. The summed E-state index contributed by atoms with van der Waals surface area (Å²) < 4.78 is 0. The highest BCUT2D eigenvalue weighted by Crippen LogP contribution is 2.40. The number of carboxylic acids is 1. The van der Waals surface area contributed by atoms with Crippen LogP contribution in [-0.4, -0.2) is 27.5 Å². The smallest absolute Gasteiger partial charge is 0.329 e. The maximum absolute atomic E-state index is 12.4.